The lowest BCUT2D eigenvalue weighted by atomic mass is 10.5. The van der Waals surface area contributed by atoms with E-state index in [1.165, 1.54) is 26.0 Å². The molecule has 0 aliphatic rings. The van der Waals surface area contributed by atoms with E-state index in [1.807, 2.05) is 0 Å². The number of hydrogen-bond donors (Lipinski definition) is 0. The number of alkyl halides is 2. The number of halogens is 2. The normalized spacial score (nSPS) is 10.9. The maximum atomic E-state index is 10.9. The Morgan fingerprint density at radius 1 is 1.21 bits per heavy atom. The number of rotatable bonds is 5. The molecule has 0 bridgehead atoms. The van der Waals surface area contributed by atoms with Crippen LogP contribution in [0.1, 0.15) is 6.42 Å². The first-order valence-corrected chi connectivity index (χ1v) is 6.14. The van der Waals surface area contributed by atoms with Crippen LogP contribution >= 0.6 is 43.6 Å². The van der Waals surface area contributed by atoms with E-state index in [0.717, 1.165) is 0 Å². The predicted molar refractivity (Wildman–Crippen MR) is 61.7 cm³/mol. The molecular weight excluding hydrogens is 340 g/mol. The van der Waals surface area contributed by atoms with Gasteiger partial charge in [0, 0.05) is 0 Å². The van der Waals surface area contributed by atoms with Crippen LogP contribution in [0.4, 0.5) is 0 Å². The molecule has 0 atom stereocenters. The molecule has 0 aliphatic heterocycles. The van der Waals surface area contributed by atoms with Gasteiger partial charge >= 0.3 is 11.9 Å². The molecule has 0 radical (unpaired) electrons. The molecular formula is C7H10Br2O4S. The van der Waals surface area contributed by atoms with Crippen molar-refractivity contribution in [3.8, 4) is 0 Å². The fourth-order valence-electron chi connectivity index (χ4n) is 0.515. The Kier molecular flexibility index (Phi) is 6.80. The molecule has 0 aromatic heterocycles. The van der Waals surface area contributed by atoms with E-state index >= 15 is 0 Å². The molecule has 82 valence electrons. The molecule has 0 unspecified atom stereocenters. The zero-order chi connectivity index (χ0) is 11.2. The number of carbonyl (C=O) groups is 2. The van der Waals surface area contributed by atoms with Gasteiger partial charge in [-0.2, -0.15) is 0 Å². The van der Waals surface area contributed by atoms with Gasteiger partial charge in [0.15, 0.2) is 0 Å². The third kappa shape index (κ3) is 6.67. The van der Waals surface area contributed by atoms with Crippen molar-refractivity contribution in [1.29, 1.82) is 0 Å². The van der Waals surface area contributed by atoms with Crippen LogP contribution in [-0.4, -0.2) is 34.5 Å². The van der Waals surface area contributed by atoms with E-state index in [0.29, 0.717) is 0 Å². The monoisotopic (exact) mass is 348 g/mol. The standard InChI is InChI=1S/C7H10Br2O4S/c1-12-5(10)3-7(8,9)14-4-6(11)13-2/h3-4H2,1-2H3. The fourth-order valence-corrected chi connectivity index (χ4v) is 2.33. The van der Waals surface area contributed by atoms with Gasteiger partial charge in [0.25, 0.3) is 0 Å². The molecule has 4 nitrogen and oxygen atoms in total. The lowest BCUT2D eigenvalue weighted by Gasteiger charge is -2.17. The first kappa shape index (κ1) is 14.2. The molecule has 0 heterocycles. The third-order valence-electron chi connectivity index (χ3n) is 1.21. The zero-order valence-corrected chi connectivity index (χ0v) is 11.7. The average molecular weight is 350 g/mol. The van der Waals surface area contributed by atoms with Crippen LogP contribution in [0.15, 0.2) is 0 Å². The number of hydrogen-bond acceptors (Lipinski definition) is 5. The molecule has 0 aromatic rings. The van der Waals surface area contributed by atoms with E-state index in [-0.39, 0.29) is 24.1 Å². The topological polar surface area (TPSA) is 52.6 Å². The highest BCUT2D eigenvalue weighted by molar-refractivity contribution is 9.28. The smallest absolute Gasteiger partial charge is 0.315 e. The molecule has 0 aromatic carbocycles. The van der Waals surface area contributed by atoms with Crippen LogP contribution in [0.3, 0.4) is 0 Å². The Balaban J connectivity index is 3.94. The van der Waals surface area contributed by atoms with E-state index in [4.69, 9.17) is 0 Å². The zero-order valence-electron chi connectivity index (χ0n) is 7.71. The second kappa shape index (κ2) is 6.68. The summed E-state index contributed by atoms with van der Waals surface area (Å²) in [6.45, 7) is 0. The summed E-state index contributed by atoms with van der Waals surface area (Å²) in [5.74, 6) is -0.552. The predicted octanol–water partition coefficient (Wildman–Crippen LogP) is 1.90. The van der Waals surface area contributed by atoms with Gasteiger partial charge in [-0.05, 0) is 0 Å². The van der Waals surface area contributed by atoms with Crippen molar-refractivity contribution < 1.29 is 19.1 Å². The summed E-state index contributed by atoms with van der Waals surface area (Å²) in [6.07, 6.45) is 0.116. The minimum atomic E-state index is -0.679. The Morgan fingerprint density at radius 3 is 2.14 bits per heavy atom. The summed E-state index contributed by atoms with van der Waals surface area (Å²) in [6, 6.07) is 0. The van der Waals surface area contributed by atoms with E-state index in [2.05, 4.69) is 41.3 Å². The highest BCUT2D eigenvalue weighted by Crippen LogP contribution is 2.42. The van der Waals surface area contributed by atoms with Gasteiger partial charge in [0.2, 0.25) is 0 Å². The Bertz CT molecular complexity index is 220. The maximum absolute atomic E-state index is 10.9. The van der Waals surface area contributed by atoms with Crippen molar-refractivity contribution in [1.82, 2.24) is 0 Å². The number of ether oxygens (including phenoxy) is 2. The van der Waals surface area contributed by atoms with Crippen molar-refractivity contribution in [2.45, 2.75) is 8.99 Å². The highest BCUT2D eigenvalue weighted by atomic mass is 79.9. The second-order valence-corrected chi connectivity index (χ2v) is 8.35. The molecule has 0 saturated heterocycles. The van der Waals surface area contributed by atoms with E-state index < -0.39 is 2.57 Å². The van der Waals surface area contributed by atoms with Crippen LogP contribution in [0, 0.1) is 0 Å². The van der Waals surface area contributed by atoms with Gasteiger partial charge in [-0.1, -0.05) is 31.9 Å². The van der Waals surface area contributed by atoms with Gasteiger partial charge in [-0.3, -0.25) is 9.59 Å². The summed E-state index contributed by atoms with van der Waals surface area (Å²) in [4.78, 5) is 21.7. The summed E-state index contributed by atoms with van der Waals surface area (Å²) in [5, 5.41) is 0. The van der Waals surface area contributed by atoms with Gasteiger partial charge in [0.05, 0.1) is 26.4 Å². The first-order valence-electron chi connectivity index (χ1n) is 3.56. The quantitative estimate of drug-likeness (QED) is 0.560. The van der Waals surface area contributed by atoms with Crippen molar-refractivity contribution in [3.05, 3.63) is 0 Å². The van der Waals surface area contributed by atoms with Gasteiger partial charge < -0.3 is 9.47 Å². The van der Waals surface area contributed by atoms with Gasteiger partial charge in [-0.15, -0.1) is 11.8 Å². The van der Waals surface area contributed by atoms with Crippen molar-refractivity contribution in [2.24, 2.45) is 0 Å². The molecule has 0 fully saturated rings. The van der Waals surface area contributed by atoms with Crippen LogP contribution < -0.4 is 0 Å². The molecule has 0 amide bonds. The van der Waals surface area contributed by atoms with E-state index in [1.54, 1.807) is 0 Å². The van der Waals surface area contributed by atoms with Crippen molar-refractivity contribution in [3.63, 3.8) is 0 Å². The Hall–Kier alpha value is 0.250. The number of thioether (sulfide) groups is 1. The summed E-state index contributed by atoms with van der Waals surface area (Å²) < 4.78 is 8.27. The lowest BCUT2D eigenvalue weighted by Crippen LogP contribution is -2.17. The Labute approximate surface area is 103 Å². The minimum absolute atomic E-state index is 0.116. The average Bonchev–Trinajstić information content (AvgIpc) is 2.13. The maximum Gasteiger partial charge on any atom is 0.315 e. The van der Waals surface area contributed by atoms with Gasteiger partial charge in [-0.25, -0.2) is 0 Å². The molecule has 0 spiro atoms. The summed E-state index contributed by atoms with van der Waals surface area (Å²) in [7, 11) is 2.62. The Morgan fingerprint density at radius 2 is 1.71 bits per heavy atom. The summed E-state index contributed by atoms with van der Waals surface area (Å²) >= 11 is 7.72. The molecule has 14 heavy (non-hydrogen) atoms. The minimum Gasteiger partial charge on any atom is -0.469 e. The summed E-state index contributed by atoms with van der Waals surface area (Å²) in [5.41, 5.74) is 0. The SMILES string of the molecule is COC(=O)CSC(Br)(Br)CC(=O)OC. The highest BCUT2D eigenvalue weighted by Gasteiger charge is 2.28. The van der Waals surface area contributed by atoms with E-state index in [9.17, 15) is 9.59 Å². The second-order valence-electron chi connectivity index (χ2n) is 2.26. The lowest BCUT2D eigenvalue weighted by molar-refractivity contribution is -0.140. The largest absolute Gasteiger partial charge is 0.469 e. The third-order valence-corrected chi connectivity index (χ3v) is 4.09. The molecule has 0 saturated carbocycles. The molecule has 0 N–H and O–H groups in total. The number of carbonyl (C=O) groups excluding carboxylic acids is 2. The van der Waals surface area contributed by atoms with Crippen molar-refractivity contribution in [2.75, 3.05) is 20.0 Å². The van der Waals surface area contributed by atoms with Crippen LogP contribution in [0.5, 0.6) is 0 Å². The first-order chi connectivity index (χ1) is 6.41. The molecule has 7 heteroatoms. The fraction of sp³-hybridized carbons (Fsp3) is 0.714. The molecule has 0 rings (SSSR count). The van der Waals surface area contributed by atoms with Crippen LogP contribution in [-0.2, 0) is 19.1 Å². The van der Waals surface area contributed by atoms with Gasteiger partial charge in [0.1, 0.15) is 2.57 Å². The van der Waals surface area contributed by atoms with Crippen molar-refractivity contribution >= 4 is 55.6 Å². The molecule has 0 aliphatic carbocycles. The number of esters is 2. The number of methoxy groups -OCH3 is 2. The van der Waals surface area contributed by atoms with Crippen LogP contribution in [0.25, 0.3) is 0 Å². The van der Waals surface area contributed by atoms with Crippen LogP contribution in [0.2, 0.25) is 0 Å².